The molecule has 17 heavy (non-hydrogen) atoms. The molecule has 2 heterocycles. The second-order valence-electron chi connectivity index (χ2n) is 4.04. The lowest BCUT2D eigenvalue weighted by atomic mass is 10.2. The molecule has 1 saturated heterocycles. The molecule has 1 N–H and O–H groups in total. The molecule has 5 nitrogen and oxygen atoms in total. The van der Waals surface area contributed by atoms with Gasteiger partial charge in [-0.3, -0.25) is 4.79 Å². The number of aromatic nitrogens is 2. The van der Waals surface area contributed by atoms with Crippen molar-refractivity contribution in [3.05, 3.63) is 17.0 Å². The summed E-state index contributed by atoms with van der Waals surface area (Å²) in [7, 11) is 0. The van der Waals surface area contributed by atoms with Gasteiger partial charge >= 0.3 is 0 Å². The predicted molar refractivity (Wildman–Crippen MR) is 68.6 cm³/mol. The number of carbonyl (C=O) groups is 1. The van der Waals surface area contributed by atoms with Crippen LogP contribution in [0, 0.1) is 0 Å². The number of hydrogen-bond donors (Lipinski definition) is 1. The van der Waals surface area contributed by atoms with Gasteiger partial charge in [0.25, 0.3) is 0 Å². The van der Waals surface area contributed by atoms with Crippen molar-refractivity contribution < 1.29 is 4.79 Å². The van der Waals surface area contributed by atoms with Gasteiger partial charge < -0.3 is 10.2 Å². The fourth-order valence-electron chi connectivity index (χ4n) is 1.94. The van der Waals surface area contributed by atoms with E-state index in [-0.39, 0.29) is 11.9 Å². The Kier molecular flexibility index (Phi) is 3.93. The smallest absolute Gasteiger partial charge is 0.222 e. The summed E-state index contributed by atoms with van der Waals surface area (Å²) in [6.45, 7) is 3.47. The van der Waals surface area contributed by atoms with E-state index in [4.69, 9.17) is 0 Å². The van der Waals surface area contributed by atoms with Crippen molar-refractivity contribution in [1.29, 1.82) is 0 Å². The molecule has 1 unspecified atom stereocenters. The Balaban J connectivity index is 1.94. The minimum Gasteiger partial charge on any atom is -0.364 e. The van der Waals surface area contributed by atoms with E-state index in [1.165, 1.54) is 6.33 Å². The van der Waals surface area contributed by atoms with Crippen LogP contribution in [0.5, 0.6) is 0 Å². The highest BCUT2D eigenvalue weighted by Crippen LogP contribution is 2.21. The molecule has 1 aromatic heterocycles. The highest BCUT2D eigenvalue weighted by Gasteiger charge is 2.25. The van der Waals surface area contributed by atoms with Gasteiger partial charge in [-0.15, -0.1) is 0 Å². The van der Waals surface area contributed by atoms with Gasteiger partial charge in [-0.05, 0) is 22.4 Å². The maximum absolute atomic E-state index is 11.5. The summed E-state index contributed by atoms with van der Waals surface area (Å²) in [6, 6.07) is 0.275. The fourth-order valence-corrected chi connectivity index (χ4v) is 2.28. The van der Waals surface area contributed by atoms with Crippen LogP contribution in [0.4, 0.5) is 5.82 Å². The zero-order valence-corrected chi connectivity index (χ0v) is 11.3. The Hall–Kier alpha value is -1.17. The number of likely N-dealkylation sites (tertiary alicyclic amines) is 1. The molecular formula is C11H15BrN4O. The first kappa shape index (κ1) is 12.3. The SMILES string of the molecule is CCC(=O)N1CCC(Nc2ncncc2Br)C1. The number of rotatable bonds is 3. The minimum atomic E-state index is 0.219. The van der Waals surface area contributed by atoms with Gasteiger partial charge in [0.1, 0.15) is 12.1 Å². The molecule has 2 rings (SSSR count). The van der Waals surface area contributed by atoms with Crippen LogP contribution in [-0.2, 0) is 4.79 Å². The minimum absolute atomic E-state index is 0.219. The van der Waals surface area contributed by atoms with Crippen molar-refractivity contribution in [3.63, 3.8) is 0 Å². The van der Waals surface area contributed by atoms with Crippen LogP contribution in [0.15, 0.2) is 17.0 Å². The number of carbonyl (C=O) groups excluding carboxylic acids is 1. The molecule has 1 atom stereocenters. The van der Waals surface area contributed by atoms with Crippen LogP contribution < -0.4 is 5.32 Å². The first-order valence-electron chi connectivity index (χ1n) is 5.70. The molecule has 0 aromatic carbocycles. The Labute approximate surface area is 109 Å². The third-order valence-electron chi connectivity index (χ3n) is 2.85. The number of nitrogens with one attached hydrogen (secondary N) is 1. The van der Waals surface area contributed by atoms with Crippen molar-refractivity contribution >= 4 is 27.7 Å². The maximum atomic E-state index is 11.5. The molecule has 0 saturated carbocycles. The van der Waals surface area contributed by atoms with Gasteiger partial charge in [-0.1, -0.05) is 6.92 Å². The van der Waals surface area contributed by atoms with Crippen molar-refractivity contribution in [3.8, 4) is 0 Å². The van der Waals surface area contributed by atoms with E-state index in [9.17, 15) is 4.79 Å². The number of anilines is 1. The second-order valence-corrected chi connectivity index (χ2v) is 4.90. The third-order valence-corrected chi connectivity index (χ3v) is 3.43. The molecule has 0 radical (unpaired) electrons. The van der Waals surface area contributed by atoms with Crippen LogP contribution in [-0.4, -0.2) is 39.9 Å². The van der Waals surface area contributed by atoms with E-state index in [2.05, 4.69) is 31.2 Å². The van der Waals surface area contributed by atoms with Gasteiger partial charge in [0.2, 0.25) is 5.91 Å². The largest absolute Gasteiger partial charge is 0.364 e. The summed E-state index contributed by atoms with van der Waals surface area (Å²) in [4.78, 5) is 21.5. The lowest BCUT2D eigenvalue weighted by Gasteiger charge is -2.16. The molecule has 1 aliphatic heterocycles. The Morgan fingerprint density at radius 1 is 1.71 bits per heavy atom. The van der Waals surface area contributed by atoms with E-state index >= 15 is 0 Å². The summed E-state index contributed by atoms with van der Waals surface area (Å²) < 4.78 is 0.847. The monoisotopic (exact) mass is 298 g/mol. The van der Waals surface area contributed by atoms with Crippen molar-refractivity contribution in [2.24, 2.45) is 0 Å². The summed E-state index contributed by atoms with van der Waals surface area (Å²) in [5.41, 5.74) is 0. The van der Waals surface area contributed by atoms with E-state index < -0.39 is 0 Å². The predicted octanol–water partition coefficient (Wildman–Crippen LogP) is 1.66. The lowest BCUT2D eigenvalue weighted by Crippen LogP contribution is -2.31. The quantitative estimate of drug-likeness (QED) is 0.922. The summed E-state index contributed by atoms with van der Waals surface area (Å²) in [6.07, 6.45) is 4.75. The number of amides is 1. The molecule has 0 bridgehead atoms. The Morgan fingerprint density at radius 2 is 2.53 bits per heavy atom. The van der Waals surface area contributed by atoms with Gasteiger partial charge in [0.15, 0.2) is 0 Å². The zero-order chi connectivity index (χ0) is 12.3. The molecule has 1 fully saturated rings. The standard InChI is InChI=1S/C11H15BrN4O/c1-2-10(17)16-4-3-8(6-16)15-11-9(12)5-13-7-14-11/h5,7-8H,2-4,6H2,1H3,(H,13,14,15). The molecule has 1 amide bonds. The van der Waals surface area contributed by atoms with E-state index in [0.717, 1.165) is 29.8 Å². The highest BCUT2D eigenvalue weighted by atomic mass is 79.9. The molecular weight excluding hydrogens is 284 g/mol. The zero-order valence-electron chi connectivity index (χ0n) is 9.69. The van der Waals surface area contributed by atoms with Crippen LogP contribution in [0.1, 0.15) is 19.8 Å². The van der Waals surface area contributed by atoms with Gasteiger partial charge in [-0.25, -0.2) is 9.97 Å². The van der Waals surface area contributed by atoms with Crippen LogP contribution in [0.3, 0.4) is 0 Å². The van der Waals surface area contributed by atoms with Crippen molar-refractivity contribution in [1.82, 2.24) is 14.9 Å². The van der Waals surface area contributed by atoms with Crippen molar-refractivity contribution in [2.75, 3.05) is 18.4 Å². The van der Waals surface area contributed by atoms with Gasteiger partial charge in [0, 0.05) is 31.7 Å². The maximum Gasteiger partial charge on any atom is 0.222 e. The van der Waals surface area contributed by atoms with Gasteiger partial charge in [-0.2, -0.15) is 0 Å². The lowest BCUT2D eigenvalue weighted by molar-refractivity contribution is -0.129. The molecule has 92 valence electrons. The Morgan fingerprint density at radius 3 is 3.24 bits per heavy atom. The normalized spacial score (nSPS) is 19.4. The molecule has 1 aliphatic rings. The van der Waals surface area contributed by atoms with E-state index in [1.54, 1.807) is 6.20 Å². The fraction of sp³-hybridized carbons (Fsp3) is 0.545. The third kappa shape index (κ3) is 2.94. The van der Waals surface area contributed by atoms with E-state index in [0.29, 0.717) is 6.42 Å². The van der Waals surface area contributed by atoms with Crippen LogP contribution in [0.2, 0.25) is 0 Å². The number of halogens is 1. The first-order chi connectivity index (χ1) is 8.20. The summed E-state index contributed by atoms with van der Waals surface area (Å²) in [5, 5.41) is 3.33. The number of nitrogens with zero attached hydrogens (tertiary/aromatic N) is 3. The average Bonchev–Trinajstić information content (AvgIpc) is 2.80. The summed E-state index contributed by atoms with van der Waals surface area (Å²) >= 11 is 3.39. The van der Waals surface area contributed by atoms with E-state index in [1.807, 2.05) is 11.8 Å². The summed E-state index contributed by atoms with van der Waals surface area (Å²) in [5.74, 6) is 1.01. The molecule has 6 heteroatoms. The number of hydrogen-bond acceptors (Lipinski definition) is 4. The highest BCUT2D eigenvalue weighted by molar-refractivity contribution is 9.10. The first-order valence-corrected chi connectivity index (χ1v) is 6.49. The average molecular weight is 299 g/mol. The second kappa shape index (κ2) is 5.44. The van der Waals surface area contributed by atoms with Crippen molar-refractivity contribution in [2.45, 2.75) is 25.8 Å². The Bertz CT molecular complexity index is 412. The van der Waals surface area contributed by atoms with Crippen LogP contribution >= 0.6 is 15.9 Å². The molecule has 1 aromatic rings. The topological polar surface area (TPSA) is 58.1 Å². The van der Waals surface area contributed by atoms with Crippen LogP contribution in [0.25, 0.3) is 0 Å². The molecule has 0 aliphatic carbocycles. The molecule has 0 spiro atoms. The van der Waals surface area contributed by atoms with Gasteiger partial charge in [0.05, 0.1) is 4.47 Å².